The monoisotopic (exact) mass is 256 g/mol. The van der Waals surface area contributed by atoms with Crippen LogP contribution in [0.2, 0.25) is 0 Å². The van der Waals surface area contributed by atoms with Gasteiger partial charge in [-0.3, -0.25) is 4.79 Å². The van der Waals surface area contributed by atoms with Crippen LogP contribution < -0.4 is 5.73 Å². The lowest BCUT2D eigenvalue weighted by molar-refractivity contribution is -0.156. The van der Waals surface area contributed by atoms with E-state index in [1.807, 2.05) is 39.5 Å². The maximum Gasteiger partial charge on any atom is 0.230 e. The smallest absolute Gasteiger partial charge is 0.230 e. The van der Waals surface area contributed by atoms with E-state index >= 15 is 0 Å². The maximum absolute atomic E-state index is 12.8. The number of amides is 1. The van der Waals surface area contributed by atoms with E-state index in [1.165, 1.54) is 0 Å². The number of carbonyl (C=O) groups is 1. The van der Waals surface area contributed by atoms with Crippen molar-refractivity contribution in [3.63, 3.8) is 0 Å². The Morgan fingerprint density at radius 1 is 1.39 bits per heavy atom. The predicted molar refractivity (Wildman–Crippen MR) is 73.3 cm³/mol. The zero-order valence-corrected chi connectivity index (χ0v) is 12.6. The second-order valence-electron chi connectivity index (χ2n) is 6.51. The van der Waals surface area contributed by atoms with Crippen molar-refractivity contribution >= 4 is 5.91 Å². The largest absolute Gasteiger partial charge is 0.375 e. The molecule has 1 amide bonds. The first kappa shape index (κ1) is 15.4. The van der Waals surface area contributed by atoms with Gasteiger partial charge in [0.2, 0.25) is 5.91 Å². The van der Waals surface area contributed by atoms with Gasteiger partial charge in [-0.2, -0.15) is 0 Å². The summed E-state index contributed by atoms with van der Waals surface area (Å²) in [4.78, 5) is 14.7. The summed E-state index contributed by atoms with van der Waals surface area (Å²) in [5.74, 6) is 0.136. The van der Waals surface area contributed by atoms with E-state index in [0.717, 1.165) is 6.42 Å². The second kappa shape index (κ2) is 5.17. The average Bonchev–Trinajstić information content (AvgIpc) is 2.26. The van der Waals surface area contributed by atoms with Crippen molar-refractivity contribution in [3.8, 4) is 0 Å². The van der Waals surface area contributed by atoms with Gasteiger partial charge in [-0.25, -0.2) is 0 Å². The summed E-state index contributed by atoms with van der Waals surface area (Å²) in [7, 11) is 0. The first-order valence-corrected chi connectivity index (χ1v) is 6.82. The molecule has 0 aromatic heterocycles. The molecule has 1 rings (SSSR count). The first-order valence-electron chi connectivity index (χ1n) is 6.82. The molecule has 1 saturated heterocycles. The van der Waals surface area contributed by atoms with Crippen LogP contribution in [0.3, 0.4) is 0 Å². The molecule has 2 atom stereocenters. The van der Waals surface area contributed by atoms with Gasteiger partial charge in [0.25, 0.3) is 0 Å². The van der Waals surface area contributed by atoms with Gasteiger partial charge in [0.05, 0.1) is 24.2 Å². The lowest BCUT2D eigenvalue weighted by Crippen LogP contribution is -2.61. The Kier molecular flexibility index (Phi) is 4.44. The van der Waals surface area contributed by atoms with Crippen LogP contribution in [0.5, 0.6) is 0 Å². The zero-order chi connectivity index (χ0) is 14.1. The van der Waals surface area contributed by atoms with E-state index in [1.54, 1.807) is 0 Å². The number of morpholine rings is 1. The van der Waals surface area contributed by atoms with Crippen LogP contribution in [0.1, 0.15) is 48.0 Å². The van der Waals surface area contributed by atoms with Crippen LogP contribution >= 0.6 is 0 Å². The van der Waals surface area contributed by atoms with E-state index in [2.05, 4.69) is 6.92 Å². The quantitative estimate of drug-likeness (QED) is 0.837. The minimum atomic E-state index is -0.572. The van der Waals surface area contributed by atoms with Gasteiger partial charge in [0.15, 0.2) is 0 Å². The Labute approximate surface area is 111 Å². The molecular weight excluding hydrogens is 228 g/mol. The molecule has 18 heavy (non-hydrogen) atoms. The molecule has 1 aliphatic heterocycles. The fourth-order valence-electron chi connectivity index (χ4n) is 2.07. The molecule has 4 nitrogen and oxygen atoms in total. The Bertz CT molecular complexity index is 307. The van der Waals surface area contributed by atoms with Crippen molar-refractivity contribution < 1.29 is 9.53 Å². The summed E-state index contributed by atoms with van der Waals surface area (Å²) in [6.07, 6.45) is 1.02. The molecule has 1 heterocycles. The Hall–Kier alpha value is -0.610. The zero-order valence-electron chi connectivity index (χ0n) is 12.6. The van der Waals surface area contributed by atoms with Crippen LogP contribution in [-0.2, 0) is 9.53 Å². The highest BCUT2D eigenvalue weighted by molar-refractivity contribution is 5.83. The molecule has 1 fully saturated rings. The Morgan fingerprint density at radius 3 is 2.39 bits per heavy atom. The summed E-state index contributed by atoms with van der Waals surface area (Å²) >= 11 is 0. The van der Waals surface area contributed by atoms with Crippen LogP contribution in [0.15, 0.2) is 0 Å². The number of nitrogens with zero attached hydrogens (tertiary/aromatic N) is 1. The minimum absolute atomic E-state index is 0.105. The second-order valence-corrected chi connectivity index (χ2v) is 6.51. The van der Waals surface area contributed by atoms with E-state index in [-0.39, 0.29) is 18.1 Å². The highest BCUT2D eigenvalue weighted by Gasteiger charge is 2.45. The number of hydrogen-bond donors (Lipinski definition) is 1. The number of carbonyl (C=O) groups excluding carboxylic acids is 1. The van der Waals surface area contributed by atoms with E-state index < -0.39 is 11.0 Å². The van der Waals surface area contributed by atoms with Gasteiger partial charge in [-0.15, -0.1) is 0 Å². The van der Waals surface area contributed by atoms with Crippen LogP contribution in [0.4, 0.5) is 0 Å². The van der Waals surface area contributed by atoms with Crippen LogP contribution in [0, 0.1) is 5.41 Å². The number of nitrogens with two attached hydrogens (primary N) is 1. The molecule has 0 aliphatic carbocycles. The van der Waals surface area contributed by atoms with Gasteiger partial charge in [-0.1, -0.05) is 6.92 Å². The van der Waals surface area contributed by atoms with Gasteiger partial charge in [0.1, 0.15) is 0 Å². The van der Waals surface area contributed by atoms with Crippen molar-refractivity contribution in [2.75, 3.05) is 13.2 Å². The fraction of sp³-hybridized carbons (Fsp3) is 0.929. The molecule has 2 N–H and O–H groups in total. The van der Waals surface area contributed by atoms with E-state index in [9.17, 15) is 4.79 Å². The van der Waals surface area contributed by atoms with Crippen molar-refractivity contribution in [3.05, 3.63) is 0 Å². The average molecular weight is 256 g/mol. The number of hydrogen-bond acceptors (Lipinski definition) is 3. The third kappa shape index (κ3) is 2.86. The highest BCUT2D eigenvalue weighted by atomic mass is 16.5. The van der Waals surface area contributed by atoms with E-state index in [4.69, 9.17) is 10.5 Å². The van der Waals surface area contributed by atoms with Gasteiger partial charge in [0, 0.05) is 12.1 Å². The normalized spacial score (nSPS) is 26.3. The maximum atomic E-state index is 12.8. The van der Waals surface area contributed by atoms with Crippen LogP contribution in [0.25, 0.3) is 0 Å². The van der Waals surface area contributed by atoms with Gasteiger partial charge >= 0.3 is 0 Å². The van der Waals surface area contributed by atoms with Crippen LogP contribution in [-0.4, -0.2) is 41.6 Å². The molecule has 0 radical (unpaired) electrons. The molecular formula is C14H28N2O2. The van der Waals surface area contributed by atoms with Crippen molar-refractivity contribution in [1.29, 1.82) is 0 Å². The lowest BCUT2D eigenvalue weighted by Gasteiger charge is -2.46. The fourth-order valence-corrected chi connectivity index (χ4v) is 2.07. The summed E-state index contributed by atoms with van der Waals surface area (Å²) in [6.45, 7) is 13.1. The molecule has 1 aliphatic rings. The standard InChI is InChI=1S/C14H28N2O2/c1-7-11-9-18-10(2)8-16(11)12(17)13(3,4)14(5,6)15/h10-11H,7-9,15H2,1-6H3. The van der Waals surface area contributed by atoms with Gasteiger partial charge < -0.3 is 15.4 Å². The number of ether oxygens (including phenoxy) is 1. The Morgan fingerprint density at radius 2 is 1.94 bits per heavy atom. The highest BCUT2D eigenvalue weighted by Crippen LogP contribution is 2.32. The summed E-state index contributed by atoms with van der Waals surface area (Å²) in [6, 6.07) is 0.176. The lowest BCUT2D eigenvalue weighted by atomic mass is 9.73. The topological polar surface area (TPSA) is 55.6 Å². The molecule has 0 saturated carbocycles. The van der Waals surface area contributed by atoms with Crippen molar-refractivity contribution in [2.24, 2.45) is 11.1 Å². The number of rotatable bonds is 3. The minimum Gasteiger partial charge on any atom is -0.375 e. The summed E-state index contributed by atoms with van der Waals surface area (Å²) < 4.78 is 5.63. The summed E-state index contributed by atoms with van der Waals surface area (Å²) in [5.41, 5.74) is 5.05. The predicted octanol–water partition coefficient (Wildman–Crippen LogP) is 1.78. The van der Waals surface area contributed by atoms with Crippen molar-refractivity contribution in [1.82, 2.24) is 4.90 Å². The molecule has 0 bridgehead atoms. The molecule has 2 unspecified atom stereocenters. The first-order chi connectivity index (χ1) is 8.11. The molecule has 4 heteroatoms. The molecule has 0 aromatic carbocycles. The molecule has 106 valence electrons. The third-order valence-corrected chi connectivity index (χ3v) is 4.35. The summed E-state index contributed by atoms with van der Waals surface area (Å²) in [5, 5.41) is 0. The molecule has 0 spiro atoms. The third-order valence-electron chi connectivity index (χ3n) is 4.35. The van der Waals surface area contributed by atoms with Crippen molar-refractivity contribution in [2.45, 2.75) is 65.6 Å². The SMILES string of the molecule is CCC1COC(C)CN1C(=O)C(C)(C)C(C)(C)N. The van der Waals surface area contributed by atoms with E-state index in [0.29, 0.717) is 13.2 Å². The van der Waals surface area contributed by atoms with Gasteiger partial charge in [-0.05, 0) is 41.0 Å². The Balaban J connectivity index is 2.93. The molecule has 0 aromatic rings.